The molecule has 0 saturated carbocycles. The summed E-state index contributed by atoms with van der Waals surface area (Å²) in [6, 6.07) is 5.46. The lowest BCUT2D eigenvalue weighted by atomic mass is 9.91. The van der Waals surface area contributed by atoms with Crippen molar-refractivity contribution < 1.29 is 24.5 Å². The first-order valence-electron chi connectivity index (χ1n) is 8.13. The van der Waals surface area contributed by atoms with E-state index in [2.05, 4.69) is 0 Å². The normalized spacial score (nSPS) is 10.6. The molecule has 0 saturated heterocycles. The number of ketones is 1. The predicted octanol–water partition coefficient (Wildman–Crippen LogP) is 3.78. The number of carbonyl (C=O) groups is 1. The summed E-state index contributed by atoms with van der Waals surface area (Å²) in [5.41, 5.74) is 3.26. The van der Waals surface area contributed by atoms with Gasteiger partial charge in [0, 0.05) is 18.1 Å². The Labute approximate surface area is 147 Å². The number of phenols is 2. The second-order valence-corrected chi connectivity index (χ2v) is 5.98. The van der Waals surface area contributed by atoms with E-state index in [9.17, 15) is 15.0 Å². The summed E-state index contributed by atoms with van der Waals surface area (Å²) in [5, 5.41) is 20.4. The molecule has 0 spiro atoms. The molecule has 134 valence electrons. The van der Waals surface area contributed by atoms with Gasteiger partial charge >= 0.3 is 0 Å². The highest BCUT2D eigenvalue weighted by Crippen LogP contribution is 2.38. The van der Waals surface area contributed by atoms with Gasteiger partial charge in [-0.05, 0) is 43.0 Å². The van der Waals surface area contributed by atoms with Crippen LogP contribution in [0.3, 0.4) is 0 Å². The Morgan fingerprint density at radius 1 is 1.04 bits per heavy atom. The van der Waals surface area contributed by atoms with Crippen molar-refractivity contribution in [1.29, 1.82) is 0 Å². The number of carbonyl (C=O) groups excluding carboxylic acids is 1. The van der Waals surface area contributed by atoms with Crippen LogP contribution in [0.1, 0.15) is 46.5 Å². The minimum absolute atomic E-state index is 0.145. The Bertz CT molecular complexity index is 808. The molecule has 5 heteroatoms. The van der Waals surface area contributed by atoms with Crippen LogP contribution in [-0.2, 0) is 12.8 Å². The molecule has 0 fully saturated rings. The summed E-state index contributed by atoms with van der Waals surface area (Å²) in [5.74, 6) is 0.460. The fourth-order valence-electron chi connectivity index (χ4n) is 3.04. The number of methoxy groups -OCH3 is 2. The van der Waals surface area contributed by atoms with Crippen LogP contribution in [0.5, 0.6) is 23.0 Å². The monoisotopic (exact) mass is 344 g/mol. The first-order chi connectivity index (χ1) is 11.8. The van der Waals surface area contributed by atoms with E-state index in [1.54, 1.807) is 26.4 Å². The van der Waals surface area contributed by atoms with Crippen molar-refractivity contribution >= 4 is 5.78 Å². The third kappa shape index (κ3) is 3.55. The summed E-state index contributed by atoms with van der Waals surface area (Å²) in [6.07, 6.45) is 0.943. The molecule has 2 N–H and O–H groups in total. The number of phenolic OH excluding ortho intramolecular Hbond substituents is 2. The highest BCUT2D eigenvalue weighted by atomic mass is 16.5. The maximum Gasteiger partial charge on any atom is 0.169 e. The van der Waals surface area contributed by atoms with Crippen LogP contribution in [-0.4, -0.2) is 30.2 Å². The molecule has 0 aliphatic rings. The summed E-state index contributed by atoms with van der Waals surface area (Å²) in [7, 11) is 3.17. The molecular formula is C20H24O5. The second-order valence-electron chi connectivity index (χ2n) is 5.98. The average molecular weight is 344 g/mol. The Morgan fingerprint density at radius 2 is 1.72 bits per heavy atom. The fourth-order valence-corrected chi connectivity index (χ4v) is 3.04. The van der Waals surface area contributed by atoms with Gasteiger partial charge in [-0.1, -0.05) is 13.0 Å². The van der Waals surface area contributed by atoms with E-state index >= 15 is 0 Å². The van der Waals surface area contributed by atoms with Crippen molar-refractivity contribution in [2.24, 2.45) is 0 Å². The van der Waals surface area contributed by atoms with Crippen LogP contribution in [0.15, 0.2) is 18.2 Å². The Kier molecular flexibility index (Phi) is 5.57. The van der Waals surface area contributed by atoms with Gasteiger partial charge in [0.2, 0.25) is 0 Å². The number of aromatic hydroxyl groups is 2. The SMILES string of the molecule is CCc1cc(Cc2c(C)cc(OC)cc2OC)c(C(C)=O)c(O)c1O. The number of ether oxygens (including phenoxy) is 2. The molecule has 0 aliphatic heterocycles. The van der Waals surface area contributed by atoms with E-state index in [1.807, 2.05) is 19.9 Å². The minimum atomic E-state index is -0.355. The average Bonchev–Trinajstić information content (AvgIpc) is 2.58. The van der Waals surface area contributed by atoms with Crippen molar-refractivity contribution in [3.63, 3.8) is 0 Å². The molecule has 0 amide bonds. The van der Waals surface area contributed by atoms with E-state index in [4.69, 9.17) is 9.47 Å². The maximum atomic E-state index is 12.0. The van der Waals surface area contributed by atoms with Crippen molar-refractivity contribution in [2.45, 2.75) is 33.6 Å². The predicted molar refractivity (Wildman–Crippen MR) is 96.2 cm³/mol. The second kappa shape index (κ2) is 7.47. The van der Waals surface area contributed by atoms with E-state index in [-0.39, 0.29) is 22.8 Å². The van der Waals surface area contributed by atoms with E-state index in [0.717, 1.165) is 11.1 Å². The zero-order valence-corrected chi connectivity index (χ0v) is 15.3. The van der Waals surface area contributed by atoms with Gasteiger partial charge in [-0.3, -0.25) is 4.79 Å². The van der Waals surface area contributed by atoms with Crippen molar-refractivity contribution in [3.8, 4) is 23.0 Å². The number of benzene rings is 2. The summed E-state index contributed by atoms with van der Waals surface area (Å²) < 4.78 is 10.7. The zero-order chi connectivity index (χ0) is 18.7. The highest BCUT2D eigenvalue weighted by molar-refractivity contribution is 5.99. The molecule has 25 heavy (non-hydrogen) atoms. The van der Waals surface area contributed by atoms with E-state index < -0.39 is 0 Å². The summed E-state index contributed by atoms with van der Waals surface area (Å²) >= 11 is 0. The standard InChI is InChI=1S/C20H24O5/c1-6-13-8-14(18(12(3)21)20(23)19(13)22)9-16-11(2)7-15(24-4)10-17(16)25-5/h7-8,10,22-23H,6,9H2,1-5H3. The topological polar surface area (TPSA) is 76.0 Å². The molecule has 0 unspecified atom stereocenters. The van der Waals surface area contributed by atoms with Gasteiger partial charge in [-0.15, -0.1) is 0 Å². The number of rotatable bonds is 6. The number of hydrogen-bond donors (Lipinski definition) is 2. The van der Waals surface area contributed by atoms with Crippen molar-refractivity contribution in [3.05, 3.63) is 46.0 Å². The third-order valence-corrected chi connectivity index (χ3v) is 4.40. The van der Waals surface area contributed by atoms with Gasteiger partial charge in [0.25, 0.3) is 0 Å². The molecule has 0 bridgehead atoms. The van der Waals surface area contributed by atoms with Crippen LogP contribution in [0, 0.1) is 6.92 Å². The van der Waals surface area contributed by atoms with Gasteiger partial charge < -0.3 is 19.7 Å². The maximum absolute atomic E-state index is 12.0. The van der Waals surface area contributed by atoms with Crippen LogP contribution >= 0.6 is 0 Å². The van der Waals surface area contributed by atoms with Crippen LogP contribution in [0.4, 0.5) is 0 Å². The van der Waals surface area contributed by atoms with Gasteiger partial charge in [-0.2, -0.15) is 0 Å². The van der Waals surface area contributed by atoms with Crippen LogP contribution in [0.2, 0.25) is 0 Å². The number of hydrogen-bond acceptors (Lipinski definition) is 5. The number of Topliss-reactive ketones (excluding diaryl/α,β-unsaturated/α-hetero) is 1. The molecule has 0 aromatic heterocycles. The molecule has 2 rings (SSSR count). The molecular weight excluding hydrogens is 320 g/mol. The quantitative estimate of drug-likeness (QED) is 0.616. The molecule has 2 aromatic carbocycles. The summed E-state index contributed by atoms with van der Waals surface area (Å²) in [6.45, 7) is 5.20. The van der Waals surface area contributed by atoms with Gasteiger partial charge in [0.15, 0.2) is 17.3 Å². The Morgan fingerprint density at radius 3 is 2.24 bits per heavy atom. The molecule has 2 aromatic rings. The molecule has 0 aliphatic carbocycles. The van der Waals surface area contributed by atoms with Gasteiger partial charge in [0.05, 0.1) is 19.8 Å². The molecule has 0 heterocycles. The van der Waals surface area contributed by atoms with Crippen molar-refractivity contribution in [2.75, 3.05) is 14.2 Å². The van der Waals surface area contributed by atoms with Crippen molar-refractivity contribution in [1.82, 2.24) is 0 Å². The number of aryl methyl sites for hydroxylation is 2. The first kappa shape index (κ1) is 18.6. The minimum Gasteiger partial charge on any atom is -0.504 e. The highest BCUT2D eigenvalue weighted by Gasteiger charge is 2.21. The Balaban J connectivity index is 2.65. The lowest BCUT2D eigenvalue weighted by molar-refractivity contribution is 0.101. The smallest absolute Gasteiger partial charge is 0.169 e. The third-order valence-electron chi connectivity index (χ3n) is 4.40. The lowest BCUT2D eigenvalue weighted by Gasteiger charge is -2.17. The van der Waals surface area contributed by atoms with Crippen LogP contribution < -0.4 is 9.47 Å². The largest absolute Gasteiger partial charge is 0.504 e. The molecule has 0 radical (unpaired) electrons. The summed E-state index contributed by atoms with van der Waals surface area (Å²) in [4.78, 5) is 12.0. The van der Waals surface area contributed by atoms with E-state index in [0.29, 0.717) is 35.5 Å². The van der Waals surface area contributed by atoms with E-state index in [1.165, 1.54) is 6.92 Å². The fraction of sp³-hybridized carbons (Fsp3) is 0.350. The van der Waals surface area contributed by atoms with Gasteiger partial charge in [-0.25, -0.2) is 0 Å². The van der Waals surface area contributed by atoms with Crippen LogP contribution in [0.25, 0.3) is 0 Å². The molecule has 5 nitrogen and oxygen atoms in total. The first-order valence-corrected chi connectivity index (χ1v) is 8.13. The lowest BCUT2D eigenvalue weighted by Crippen LogP contribution is -2.06. The molecule has 0 atom stereocenters. The zero-order valence-electron chi connectivity index (χ0n) is 15.3. The Hall–Kier alpha value is -2.69. The van der Waals surface area contributed by atoms with Gasteiger partial charge in [0.1, 0.15) is 11.5 Å².